The van der Waals surface area contributed by atoms with Crippen molar-refractivity contribution in [2.24, 2.45) is 5.92 Å². The highest BCUT2D eigenvalue weighted by Gasteiger charge is 2.32. The van der Waals surface area contributed by atoms with Crippen molar-refractivity contribution >= 4 is 11.8 Å². The summed E-state index contributed by atoms with van der Waals surface area (Å²) in [7, 11) is 2.96. The number of amides is 2. The molecule has 9 heteroatoms. The first kappa shape index (κ1) is 19.9. The number of piperidine rings is 1. The molecule has 1 saturated heterocycles. The summed E-state index contributed by atoms with van der Waals surface area (Å²) >= 11 is 0. The number of nitrogens with zero attached hydrogens (tertiary/aromatic N) is 1. The molecule has 1 heterocycles. The number of likely N-dealkylation sites (tertiary alicyclic amines) is 1. The molecule has 0 bridgehead atoms. The van der Waals surface area contributed by atoms with Gasteiger partial charge in [-0.25, -0.2) is 0 Å². The number of methoxy groups -OCH3 is 2. The number of hydrogen-bond donors (Lipinski definition) is 1. The Kier molecular flexibility index (Phi) is 6.33. The second kappa shape index (κ2) is 8.29. The Labute approximate surface area is 149 Å². The topological polar surface area (TPSA) is 67.9 Å². The van der Waals surface area contributed by atoms with Gasteiger partial charge < -0.3 is 19.7 Å². The Morgan fingerprint density at radius 2 is 1.65 bits per heavy atom. The van der Waals surface area contributed by atoms with Crippen molar-refractivity contribution in [2.75, 3.05) is 33.9 Å². The average molecular weight is 374 g/mol. The van der Waals surface area contributed by atoms with Crippen molar-refractivity contribution in [1.82, 2.24) is 10.2 Å². The second-order valence-corrected chi connectivity index (χ2v) is 6.00. The monoisotopic (exact) mass is 374 g/mol. The predicted octanol–water partition coefficient (Wildman–Crippen LogP) is 2.23. The molecule has 26 heavy (non-hydrogen) atoms. The minimum absolute atomic E-state index is 0.239. The van der Waals surface area contributed by atoms with Crippen LogP contribution in [0.2, 0.25) is 0 Å². The molecule has 0 radical (unpaired) electrons. The predicted molar refractivity (Wildman–Crippen MR) is 87.2 cm³/mol. The fourth-order valence-electron chi connectivity index (χ4n) is 2.79. The largest absolute Gasteiger partial charge is 0.497 e. The van der Waals surface area contributed by atoms with Gasteiger partial charge in [0.1, 0.15) is 18.0 Å². The van der Waals surface area contributed by atoms with E-state index in [1.165, 1.54) is 14.2 Å². The van der Waals surface area contributed by atoms with E-state index in [2.05, 4.69) is 0 Å². The minimum atomic E-state index is -4.43. The molecule has 6 nitrogen and oxygen atoms in total. The molecule has 1 aromatic carbocycles. The molecule has 0 unspecified atom stereocenters. The highest BCUT2D eigenvalue weighted by Crippen LogP contribution is 2.25. The normalized spacial score (nSPS) is 15.5. The number of alkyl halides is 3. The molecule has 1 aliphatic heterocycles. The number of benzene rings is 1. The molecule has 0 saturated carbocycles. The summed E-state index contributed by atoms with van der Waals surface area (Å²) in [5, 5.41) is 1.90. The van der Waals surface area contributed by atoms with E-state index >= 15 is 0 Å². The maximum absolute atomic E-state index is 12.6. The lowest BCUT2D eigenvalue weighted by molar-refractivity contribution is -0.141. The smallest absolute Gasteiger partial charge is 0.405 e. The molecule has 144 valence electrons. The lowest BCUT2D eigenvalue weighted by Crippen LogP contribution is -2.44. The fourth-order valence-corrected chi connectivity index (χ4v) is 2.79. The van der Waals surface area contributed by atoms with Crippen molar-refractivity contribution in [3.63, 3.8) is 0 Å². The molecule has 2 rings (SSSR count). The van der Waals surface area contributed by atoms with Crippen molar-refractivity contribution in [3.05, 3.63) is 23.8 Å². The Morgan fingerprint density at radius 1 is 1.12 bits per heavy atom. The second-order valence-electron chi connectivity index (χ2n) is 6.00. The van der Waals surface area contributed by atoms with E-state index < -0.39 is 24.5 Å². The van der Waals surface area contributed by atoms with Crippen LogP contribution in [-0.4, -0.2) is 56.7 Å². The van der Waals surface area contributed by atoms with E-state index in [0.717, 1.165) is 0 Å². The third kappa shape index (κ3) is 5.27. The van der Waals surface area contributed by atoms with Gasteiger partial charge in [-0.2, -0.15) is 13.2 Å². The highest BCUT2D eigenvalue weighted by atomic mass is 19.4. The first-order valence-electron chi connectivity index (χ1n) is 8.10. The number of nitrogens with one attached hydrogen (secondary N) is 1. The van der Waals surface area contributed by atoms with Crippen LogP contribution in [-0.2, 0) is 4.79 Å². The molecule has 2 amide bonds. The number of ether oxygens (including phenoxy) is 2. The first-order valence-corrected chi connectivity index (χ1v) is 8.10. The number of carbonyl (C=O) groups is 2. The highest BCUT2D eigenvalue weighted by molar-refractivity contribution is 5.95. The van der Waals surface area contributed by atoms with Gasteiger partial charge in [-0.1, -0.05) is 0 Å². The van der Waals surface area contributed by atoms with Gasteiger partial charge in [0.2, 0.25) is 5.91 Å². The summed E-state index contributed by atoms with van der Waals surface area (Å²) in [6.07, 6.45) is -3.80. The van der Waals surface area contributed by atoms with Crippen molar-refractivity contribution in [1.29, 1.82) is 0 Å². The molecular formula is C17H21F3N2O4. The van der Waals surface area contributed by atoms with E-state index in [9.17, 15) is 22.8 Å². The van der Waals surface area contributed by atoms with E-state index in [0.29, 0.717) is 43.0 Å². The summed E-state index contributed by atoms with van der Waals surface area (Å²) in [5.41, 5.74) is 0.390. The van der Waals surface area contributed by atoms with Crippen LogP contribution in [0.3, 0.4) is 0 Å². The average Bonchev–Trinajstić information content (AvgIpc) is 2.64. The number of carbonyl (C=O) groups excluding carboxylic acids is 2. The zero-order valence-electron chi connectivity index (χ0n) is 14.6. The molecule has 1 aromatic rings. The zero-order valence-corrected chi connectivity index (χ0v) is 14.6. The lowest BCUT2D eigenvalue weighted by atomic mass is 9.95. The van der Waals surface area contributed by atoms with Gasteiger partial charge in [0, 0.05) is 30.6 Å². The summed E-state index contributed by atoms with van der Waals surface area (Å²) < 4.78 is 46.8. The third-order valence-electron chi connectivity index (χ3n) is 4.21. The standard InChI is InChI=1S/C17H21F3N2O4/c1-25-13-7-12(8-14(9-13)26-2)16(24)22-5-3-11(4-6-22)15(23)21-10-17(18,19)20/h7-9,11H,3-6,10H2,1-2H3,(H,21,23). The quantitative estimate of drug-likeness (QED) is 0.858. The van der Waals surface area contributed by atoms with Gasteiger partial charge in [-0.05, 0) is 25.0 Å². The van der Waals surface area contributed by atoms with Gasteiger partial charge in [-0.15, -0.1) is 0 Å². The van der Waals surface area contributed by atoms with E-state index in [-0.39, 0.29) is 5.91 Å². The van der Waals surface area contributed by atoms with Crippen molar-refractivity contribution < 1.29 is 32.2 Å². The number of hydrogen-bond acceptors (Lipinski definition) is 4. The summed E-state index contributed by atoms with van der Waals surface area (Å²) in [6.45, 7) is -0.750. The Balaban J connectivity index is 1.95. The van der Waals surface area contributed by atoms with Crippen molar-refractivity contribution in [2.45, 2.75) is 19.0 Å². The van der Waals surface area contributed by atoms with E-state index in [1.807, 2.05) is 5.32 Å². The van der Waals surface area contributed by atoms with Crippen LogP contribution in [0.5, 0.6) is 11.5 Å². The van der Waals surface area contributed by atoms with Crippen LogP contribution in [0, 0.1) is 5.92 Å². The first-order chi connectivity index (χ1) is 12.2. The van der Waals surface area contributed by atoms with Gasteiger partial charge in [0.15, 0.2) is 0 Å². The summed E-state index contributed by atoms with van der Waals surface area (Å²) in [5.74, 6) is -0.432. The zero-order chi connectivity index (χ0) is 19.3. The SMILES string of the molecule is COc1cc(OC)cc(C(=O)N2CCC(C(=O)NCC(F)(F)F)CC2)c1. The van der Waals surface area contributed by atoms with Crippen molar-refractivity contribution in [3.8, 4) is 11.5 Å². The van der Waals surface area contributed by atoms with Crippen LogP contribution in [0.4, 0.5) is 13.2 Å². The minimum Gasteiger partial charge on any atom is -0.497 e. The molecule has 1 fully saturated rings. The van der Waals surface area contributed by atoms with Gasteiger partial charge >= 0.3 is 6.18 Å². The van der Waals surface area contributed by atoms with E-state index in [4.69, 9.17) is 9.47 Å². The molecule has 1 aliphatic rings. The molecule has 1 N–H and O–H groups in total. The van der Waals surface area contributed by atoms with Crippen LogP contribution in [0.25, 0.3) is 0 Å². The molecular weight excluding hydrogens is 353 g/mol. The molecule has 0 spiro atoms. The fraction of sp³-hybridized carbons (Fsp3) is 0.529. The Morgan fingerprint density at radius 3 is 2.12 bits per heavy atom. The van der Waals surface area contributed by atoms with E-state index in [1.54, 1.807) is 23.1 Å². The summed E-state index contributed by atoms with van der Waals surface area (Å²) in [6, 6.07) is 4.83. The maximum Gasteiger partial charge on any atom is 0.405 e. The van der Waals surface area contributed by atoms with Crippen LogP contribution in [0.1, 0.15) is 23.2 Å². The maximum atomic E-state index is 12.6. The van der Waals surface area contributed by atoms with Gasteiger partial charge in [-0.3, -0.25) is 9.59 Å². The van der Waals surface area contributed by atoms with Gasteiger partial charge in [0.25, 0.3) is 5.91 Å². The van der Waals surface area contributed by atoms with Crippen LogP contribution in [0.15, 0.2) is 18.2 Å². The van der Waals surface area contributed by atoms with Gasteiger partial charge in [0.05, 0.1) is 14.2 Å². The lowest BCUT2D eigenvalue weighted by Gasteiger charge is -2.31. The van der Waals surface area contributed by atoms with Crippen LogP contribution >= 0.6 is 0 Å². The Bertz CT molecular complexity index is 634. The molecule has 0 aliphatic carbocycles. The van der Waals surface area contributed by atoms with Crippen LogP contribution < -0.4 is 14.8 Å². The Hall–Kier alpha value is -2.45. The third-order valence-corrected chi connectivity index (χ3v) is 4.21. The summed E-state index contributed by atoms with van der Waals surface area (Å²) in [4.78, 5) is 26.0. The molecule has 0 atom stereocenters. The number of rotatable bonds is 5. The molecule has 0 aromatic heterocycles. The number of halogens is 3.